The Kier molecular flexibility index (Phi) is 9.37. The molecule has 1 saturated heterocycles. The number of hydrogen-bond acceptors (Lipinski definition) is 7. The van der Waals surface area contributed by atoms with Crippen LogP contribution in [0.4, 0.5) is 0 Å². The fourth-order valence-corrected chi connectivity index (χ4v) is 4.15. The molecule has 170 valence electrons. The molecule has 4 atom stereocenters. The average Bonchev–Trinajstić information content (AvgIpc) is 2.79. The molecule has 0 N–H and O–H groups in total. The third-order valence-corrected chi connectivity index (χ3v) is 5.66. The smallest absolute Gasteiger partial charge is 0.307 e. The summed E-state index contributed by atoms with van der Waals surface area (Å²) < 4.78 is 16.5. The number of fused-ring (bicyclic) bond motifs is 1. The van der Waals surface area contributed by atoms with Crippen molar-refractivity contribution >= 4 is 24.0 Å². The molecule has 0 spiro atoms. The van der Waals surface area contributed by atoms with Crippen LogP contribution in [0.3, 0.4) is 0 Å². The first kappa shape index (κ1) is 24.7. The van der Waals surface area contributed by atoms with Crippen molar-refractivity contribution in [3.63, 3.8) is 0 Å². The van der Waals surface area contributed by atoms with Gasteiger partial charge in [0.15, 0.2) is 0 Å². The van der Waals surface area contributed by atoms with Crippen LogP contribution >= 0.6 is 0 Å². The molecule has 1 heterocycles. The third-order valence-electron chi connectivity index (χ3n) is 5.66. The first-order chi connectivity index (χ1) is 14.7. The highest BCUT2D eigenvalue weighted by atomic mass is 16.7. The van der Waals surface area contributed by atoms with Crippen molar-refractivity contribution in [2.45, 2.75) is 66.1 Å². The van der Waals surface area contributed by atoms with Crippen molar-refractivity contribution in [2.24, 2.45) is 17.8 Å². The Morgan fingerprint density at radius 2 is 1.87 bits per heavy atom. The number of carbonyl (C=O) groups is 4. The molecule has 1 aliphatic heterocycles. The maximum atomic E-state index is 13.1. The molecule has 1 fully saturated rings. The minimum Gasteiger partial charge on any atom is -0.435 e. The summed E-state index contributed by atoms with van der Waals surface area (Å²) in [5.74, 6) is -2.08. The van der Waals surface area contributed by atoms with E-state index in [1.165, 1.54) is 20.1 Å². The predicted octanol–water partition coefficient (Wildman–Crippen LogP) is 3.83. The van der Waals surface area contributed by atoms with E-state index in [1.54, 1.807) is 0 Å². The summed E-state index contributed by atoms with van der Waals surface area (Å²) in [5, 5.41) is 0. The lowest BCUT2D eigenvalue weighted by Crippen LogP contribution is -2.47. The summed E-state index contributed by atoms with van der Waals surface area (Å²) in [6.45, 7) is 6.61. The van der Waals surface area contributed by atoms with Crippen LogP contribution in [0.2, 0.25) is 0 Å². The number of ether oxygens (including phenoxy) is 3. The molecule has 0 amide bonds. The summed E-state index contributed by atoms with van der Waals surface area (Å²) in [7, 11) is 0. The Morgan fingerprint density at radius 3 is 2.48 bits per heavy atom. The monoisotopic (exact) mass is 432 g/mol. The molecular formula is C24H32O7. The van der Waals surface area contributed by atoms with E-state index in [0.717, 1.165) is 17.4 Å². The van der Waals surface area contributed by atoms with E-state index in [4.69, 9.17) is 14.2 Å². The van der Waals surface area contributed by atoms with Gasteiger partial charge in [-0.2, -0.15) is 0 Å². The zero-order valence-corrected chi connectivity index (χ0v) is 18.7. The van der Waals surface area contributed by atoms with Gasteiger partial charge < -0.3 is 14.2 Å². The molecule has 31 heavy (non-hydrogen) atoms. The van der Waals surface area contributed by atoms with Crippen LogP contribution in [0, 0.1) is 17.8 Å². The summed E-state index contributed by atoms with van der Waals surface area (Å²) in [4.78, 5) is 47.7. The van der Waals surface area contributed by atoms with Gasteiger partial charge in [0.1, 0.15) is 12.1 Å². The van der Waals surface area contributed by atoms with Crippen LogP contribution in [0.15, 0.2) is 35.1 Å². The Balaban J connectivity index is 2.50. The number of esters is 2. The van der Waals surface area contributed by atoms with Gasteiger partial charge in [-0.1, -0.05) is 17.7 Å². The Bertz CT molecular complexity index is 786. The van der Waals surface area contributed by atoms with Gasteiger partial charge in [0.25, 0.3) is 0 Å². The van der Waals surface area contributed by atoms with Crippen molar-refractivity contribution in [1.82, 2.24) is 0 Å². The molecule has 2 rings (SSSR count). The SMILES string of the molecule is CC(=O)OC=C1CCCC(C=O)=CC[C@@H]2C(C(=O)CC=C(C)C)CO[C@H](OC(C)=O)[C@@H]12. The van der Waals surface area contributed by atoms with Crippen LogP contribution in [-0.2, 0) is 33.4 Å². The second kappa shape index (κ2) is 11.7. The lowest BCUT2D eigenvalue weighted by atomic mass is 9.71. The number of Topliss-reactive ketones (excluding diaryl/α,β-unsaturated/α-hetero) is 1. The number of hydrogen-bond donors (Lipinski definition) is 0. The molecule has 0 aromatic carbocycles. The number of allylic oxidation sites excluding steroid dienone is 4. The van der Waals surface area contributed by atoms with E-state index in [-0.39, 0.29) is 24.7 Å². The zero-order valence-electron chi connectivity index (χ0n) is 18.7. The first-order valence-corrected chi connectivity index (χ1v) is 10.7. The van der Waals surface area contributed by atoms with Crippen LogP contribution in [-0.4, -0.2) is 36.9 Å². The maximum absolute atomic E-state index is 13.1. The molecule has 2 aliphatic rings. The van der Waals surface area contributed by atoms with Crippen molar-refractivity contribution in [3.8, 4) is 0 Å². The van der Waals surface area contributed by atoms with Crippen molar-refractivity contribution in [3.05, 3.63) is 35.1 Å². The number of rotatable bonds is 6. The fraction of sp³-hybridized carbons (Fsp3) is 0.583. The standard InChI is InChI=1S/C24H32O7/c1-15(2)8-11-22(28)21-14-30-24(31-17(4)27)23-19(13-29-16(3)26)7-5-6-18(12-25)9-10-20(21)23/h8-9,12-13,20-21,23-24H,5-7,10-11,14H2,1-4H3/t20-,21?,23+,24-/m1/s1. The molecule has 0 aromatic rings. The molecule has 7 nitrogen and oxygen atoms in total. The van der Waals surface area contributed by atoms with Crippen LogP contribution in [0.1, 0.15) is 59.8 Å². The van der Waals surface area contributed by atoms with Gasteiger partial charge >= 0.3 is 11.9 Å². The summed E-state index contributed by atoms with van der Waals surface area (Å²) >= 11 is 0. The van der Waals surface area contributed by atoms with Gasteiger partial charge in [0.2, 0.25) is 6.29 Å². The van der Waals surface area contributed by atoms with Crippen molar-refractivity contribution in [2.75, 3.05) is 6.61 Å². The fourth-order valence-electron chi connectivity index (χ4n) is 4.15. The van der Waals surface area contributed by atoms with Gasteiger partial charge in [-0.3, -0.25) is 19.2 Å². The highest BCUT2D eigenvalue weighted by molar-refractivity contribution is 5.83. The molecule has 0 bridgehead atoms. The highest BCUT2D eigenvalue weighted by Gasteiger charge is 2.46. The molecular weight excluding hydrogens is 400 g/mol. The van der Waals surface area contributed by atoms with E-state index < -0.39 is 30.1 Å². The second-order valence-corrected chi connectivity index (χ2v) is 8.35. The zero-order chi connectivity index (χ0) is 23.0. The van der Waals surface area contributed by atoms with E-state index in [0.29, 0.717) is 31.3 Å². The van der Waals surface area contributed by atoms with E-state index in [9.17, 15) is 19.2 Å². The quantitative estimate of drug-likeness (QED) is 0.272. The number of aldehydes is 1. The maximum Gasteiger partial charge on any atom is 0.307 e. The lowest BCUT2D eigenvalue weighted by Gasteiger charge is -2.42. The first-order valence-electron chi connectivity index (χ1n) is 10.7. The lowest BCUT2D eigenvalue weighted by molar-refractivity contribution is -0.214. The average molecular weight is 433 g/mol. The van der Waals surface area contributed by atoms with E-state index >= 15 is 0 Å². The Labute approximate surface area is 183 Å². The predicted molar refractivity (Wildman–Crippen MR) is 113 cm³/mol. The van der Waals surface area contributed by atoms with Crippen molar-refractivity contribution in [1.29, 1.82) is 0 Å². The molecule has 0 aromatic heterocycles. The molecule has 0 radical (unpaired) electrons. The van der Waals surface area contributed by atoms with Gasteiger partial charge in [0, 0.05) is 32.1 Å². The van der Waals surface area contributed by atoms with Crippen LogP contribution < -0.4 is 0 Å². The Morgan fingerprint density at radius 1 is 1.13 bits per heavy atom. The number of carbonyl (C=O) groups excluding carboxylic acids is 4. The van der Waals surface area contributed by atoms with Crippen LogP contribution in [0.5, 0.6) is 0 Å². The topological polar surface area (TPSA) is 96.0 Å². The molecule has 1 aliphatic carbocycles. The summed E-state index contributed by atoms with van der Waals surface area (Å²) in [6.07, 6.45) is 7.61. The third kappa shape index (κ3) is 7.28. The van der Waals surface area contributed by atoms with E-state index in [1.807, 2.05) is 26.0 Å². The normalized spacial score (nSPS) is 27.5. The Hall–Kier alpha value is -2.54. The summed E-state index contributed by atoms with van der Waals surface area (Å²) in [5.41, 5.74) is 2.47. The largest absolute Gasteiger partial charge is 0.435 e. The molecule has 1 unspecified atom stereocenters. The van der Waals surface area contributed by atoms with Crippen molar-refractivity contribution < 1.29 is 33.4 Å². The van der Waals surface area contributed by atoms with Gasteiger partial charge in [-0.15, -0.1) is 0 Å². The minimum atomic E-state index is -0.886. The van der Waals surface area contributed by atoms with Gasteiger partial charge in [-0.05, 0) is 56.6 Å². The number of ketones is 1. The van der Waals surface area contributed by atoms with Gasteiger partial charge in [0.05, 0.1) is 12.9 Å². The van der Waals surface area contributed by atoms with E-state index in [2.05, 4.69) is 0 Å². The summed E-state index contributed by atoms with van der Waals surface area (Å²) in [6, 6.07) is 0. The second-order valence-electron chi connectivity index (χ2n) is 8.35. The molecule has 7 heteroatoms. The minimum absolute atomic E-state index is 0.0320. The highest BCUT2D eigenvalue weighted by Crippen LogP contribution is 2.43. The van der Waals surface area contributed by atoms with Gasteiger partial charge in [-0.25, -0.2) is 0 Å². The molecule has 0 saturated carbocycles. The van der Waals surface area contributed by atoms with Crippen LogP contribution in [0.25, 0.3) is 0 Å².